The first-order valence-electron chi connectivity index (χ1n) is 4.91. The van der Waals surface area contributed by atoms with E-state index >= 15 is 0 Å². The van der Waals surface area contributed by atoms with E-state index in [0.29, 0.717) is 12.2 Å². The van der Waals surface area contributed by atoms with Crippen LogP contribution in [0, 0.1) is 5.82 Å². The van der Waals surface area contributed by atoms with Crippen LogP contribution in [0.1, 0.15) is 18.4 Å². The van der Waals surface area contributed by atoms with E-state index in [1.807, 2.05) is 0 Å². The third kappa shape index (κ3) is 3.36. The van der Waals surface area contributed by atoms with Gasteiger partial charge in [-0.05, 0) is 18.9 Å². The lowest BCUT2D eigenvalue weighted by atomic mass is 10.2. The molecular formula is C12H15FO2. The molecule has 1 N–H and O–H groups in total. The molecule has 0 aliphatic carbocycles. The van der Waals surface area contributed by atoms with Gasteiger partial charge >= 0.3 is 0 Å². The van der Waals surface area contributed by atoms with E-state index in [-0.39, 0.29) is 12.4 Å². The summed E-state index contributed by atoms with van der Waals surface area (Å²) in [6.07, 6.45) is 3.42. The largest absolute Gasteiger partial charge is 0.490 e. The van der Waals surface area contributed by atoms with Crippen LogP contribution in [0.4, 0.5) is 4.39 Å². The van der Waals surface area contributed by atoms with Gasteiger partial charge in [-0.25, -0.2) is 4.39 Å². The number of ether oxygens (including phenoxy) is 1. The molecule has 0 saturated heterocycles. The quantitative estimate of drug-likeness (QED) is 0.577. The number of hydrogen-bond donors (Lipinski definition) is 1. The van der Waals surface area contributed by atoms with Crippen LogP contribution in [0.25, 0.3) is 0 Å². The molecule has 0 radical (unpaired) electrons. The highest BCUT2D eigenvalue weighted by Gasteiger charge is 2.08. The van der Waals surface area contributed by atoms with Crippen LogP contribution < -0.4 is 4.74 Å². The van der Waals surface area contributed by atoms with Crippen LogP contribution in [-0.4, -0.2) is 11.7 Å². The first-order chi connectivity index (χ1) is 7.29. The van der Waals surface area contributed by atoms with Gasteiger partial charge in [0.1, 0.15) is 0 Å². The number of para-hydroxylation sites is 1. The van der Waals surface area contributed by atoms with Crippen LogP contribution in [-0.2, 0) is 6.61 Å². The summed E-state index contributed by atoms with van der Waals surface area (Å²) in [6, 6.07) is 4.52. The minimum Gasteiger partial charge on any atom is -0.490 e. The number of halogens is 1. The SMILES string of the molecule is C=CCCCOc1c(F)cccc1CO. The number of hydrogen-bond acceptors (Lipinski definition) is 2. The van der Waals surface area contributed by atoms with Gasteiger partial charge in [-0.15, -0.1) is 6.58 Å². The third-order valence-corrected chi connectivity index (χ3v) is 2.02. The van der Waals surface area contributed by atoms with Gasteiger partial charge in [-0.3, -0.25) is 0 Å². The maximum Gasteiger partial charge on any atom is 0.165 e. The van der Waals surface area contributed by atoms with Gasteiger partial charge in [0.2, 0.25) is 0 Å². The van der Waals surface area contributed by atoms with E-state index in [1.165, 1.54) is 6.07 Å². The topological polar surface area (TPSA) is 29.5 Å². The highest BCUT2D eigenvalue weighted by Crippen LogP contribution is 2.22. The van der Waals surface area contributed by atoms with Crippen molar-refractivity contribution in [2.75, 3.05) is 6.61 Å². The number of benzene rings is 1. The summed E-state index contributed by atoms with van der Waals surface area (Å²) in [6.45, 7) is 3.80. The summed E-state index contributed by atoms with van der Waals surface area (Å²) in [5, 5.41) is 8.98. The Morgan fingerprint density at radius 1 is 1.47 bits per heavy atom. The first kappa shape index (κ1) is 11.7. The molecule has 0 atom stereocenters. The molecule has 0 aromatic heterocycles. The zero-order valence-corrected chi connectivity index (χ0v) is 8.58. The van der Waals surface area contributed by atoms with Gasteiger partial charge in [0.05, 0.1) is 13.2 Å². The van der Waals surface area contributed by atoms with Crippen LogP contribution >= 0.6 is 0 Å². The number of aliphatic hydroxyl groups excluding tert-OH is 1. The number of allylic oxidation sites excluding steroid dienone is 1. The van der Waals surface area contributed by atoms with E-state index in [2.05, 4.69) is 6.58 Å². The number of unbranched alkanes of at least 4 members (excludes halogenated alkanes) is 1. The molecule has 82 valence electrons. The summed E-state index contributed by atoms with van der Waals surface area (Å²) in [4.78, 5) is 0. The van der Waals surface area contributed by atoms with Crippen LogP contribution in [0.2, 0.25) is 0 Å². The molecule has 0 aliphatic rings. The van der Waals surface area contributed by atoms with Gasteiger partial charge in [0.15, 0.2) is 11.6 Å². The Balaban J connectivity index is 2.61. The van der Waals surface area contributed by atoms with Crippen molar-refractivity contribution in [1.29, 1.82) is 0 Å². The predicted octanol–water partition coefficient (Wildman–Crippen LogP) is 2.66. The lowest BCUT2D eigenvalue weighted by Gasteiger charge is -2.10. The van der Waals surface area contributed by atoms with Gasteiger partial charge in [0, 0.05) is 5.56 Å². The van der Waals surface area contributed by atoms with E-state index in [1.54, 1.807) is 18.2 Å². The standard InChI is InChI=1S/C12H15FO2/c1-2-3-4-8-15-12-10(9-14)6-5-7-11(12)13/h2,5-7,14H,1,3-4,8-9H2. The average molecular weight is 210 g/mol. The molecular weight excluding hydrogens is 195 g/mol. The summed E-state index contributed by atoms with van der Waals surface area (Å²) < 4.78 is 18.6. The second-order valence-electron chi connectivity index (χ2n) is 3.17. The molecule has 0 unspecified atom stereocenters. The van der Waals surface area contributed by atoms with Crippen molar-refractivity contribution < 1.29 is 14.2 Å². The Labute approximate surface area is 89.0 Å². The number of aliphatic hydroxyl groups is 1. The van der Waals surface area contributed by atoms with Gasteiger partial charge in [0.25, 0.3) is 0 Å². The van der Waals surface area contributed by atoms with Crippen molar-refractivity contribution in [3.05, 3.63) is 42.2 Å². The monoisotopic (exact) mass is 210 g/mol. The Morgan fingerprint density at radius 2 is 2.27 bits per heavy atom. The van der Waals surface area contributed by atoms with Crippen molar-refractivity contribution in [1.82, 2.24) is 0 Å². The molecule has 1 aromatic rings. The summed E-state index contributed by atoms with van der Waals surface area (Å²) in [5.74, 6) is -0.274. The second-order valence-corrected chi connectivity index (χ2v) is 3.17. The second kappa shape index (κ2) is 6.19. The van der Waals surface area contributed by atoms with Crippen LogP contribution in [0.15, 0.2) is 30.9 Å². The maximum atomic E-state index is 13.3. The zero-order chi connectivity index (χ0) is 11.1. The smallest absolute Gasteiger partial charge is 0.165 e. The fourth-order valence-electron chi connectivity index (χ4n) is 1.24. The molecule has 0 amide bonds. The number of rotatable bonds is 6. The molecule has 0 fully saturated rings. The van der Waals surface area contributed by atoms with E-state index in [4.69, 9.17) is 9.84 Å². The molecule has 2 nitrogen and oxygen atoms in total. The molecule has 0 saturated carbocycles. The lowest BCUT2D eigenvalue weighted by Crippen LogP contribution is -2.02. The molecule has 0 aliphatic heterocycles. The molecule has 15 heavy (non-hydrogen) atoms. The normalized spacial score (nSPS) is 10.0. The zero-order valence-electron chi connectivity index (χ0n) is 8.58. The van der Waals surface area contributed by atoms with Gasteiger partial charge < -0.3 is 9.84 Å². The molecule has 3 heteroatoms. The van der Waals surface area contributed by atoms with Crippen molar-refractivity contribution >= 4 is 0 Å². The van der Waals surface area contributed by atoms with Gasteiger partial charge in [-0.2, -0.15) is 0 Å². The Kier molecular flexibility index (Phi) is 4.84. The summed E-state index contributed by atoms with van der Waals surface area (Å²) in [7, 11) is 0. The van der Waals surface area contributed by atoms with Crippen LogP contribution in [0.5, 0.6) is 5.75 Å². The third-order valence-electron chi connectivity index (χ3n) is 2.02. The first-order valence-corrected chi connectivity index (χ1v) is 4.91. The van der Waals surface area contributed by atoms with E-state index in [9.17, 15) is 4.39 Å². The van der Waals surface area contributed by atoms with Crippen molar-refractivity contribution in [2.24, 2.45) is 0 Å². The summed E-state index contributed by atoms with van der Waals surface area (Å²) >= 11 is 0. The maximum absolute atomic E-state index is 13.3. The molecule has 1 rings (SSSR count). The molecule has 0 bridgehead atoms. The summed E-state index contributed by atoms with van der Waals surface area (Å²) in [5.41, 5.74) is 0.480. The highest BCUT2D eigenvalue weighted by atomic mass is 19.1. The van der Waals surface area contributed by atoms with E-state index in [0.717, 1.165) is 12.8 Å². The van der Waals surface area contributed by atoms with E-state index < -0.39 is 5.82 Å². The van der Waals surface area contributed by atoms with Gasteiger partial charge in [-0.1, -0.05) is 18.2 Å². The minimum absolute atomic E-state index is 0.157. The predicted molar refractivity (Wildman–Crippen MR) is 57.2 cm³/mol. The van der Waals surface area contributed by atoms with Crippen molar-refractivity contribution in [2.45, 2.75) is 19.4 Å². The van der Waals surface area contributed by atoms with Crippen molar-refractivity contribution in [3.63, 3.8) is 0 Å². The minimum atomic E-state index is -0.430. The fraction of sp³-hybridized carbons (Fsp3) is 0.333. The molecule has 0 spiro atoms. The Morgan fingerprint density at radius 3 is 2.93 bits per heavy atom. The highest BCUT2D eigenvalue weighted by molar-refractivity contribution is 5.34. The fourth-order valence-corrected chi connectivity index (χ4v) is 1.24. The Bertz CT molecular complexity index is 323. The molecule has 0 heterocycles. The molecule has 1 aromatic carbocycles. The average Bonchev–Trinajstić information content (AvgIpc) is 2.26. The Hall–Kier alpha value is -1.35. The van der Waals surface area contributed by atoms with Crippen LogP contribution in [0.3, 0.4) is 0 Å². The lowest BCUT2D eigenvalue weighted by molar-refractivity contribution is 0.255. The van der Waals surface area contributed by atoms with Crippen molar-refractivity contribution in [3.8, 4) is 5.75 Å².